The highest BCUT2D eigenvalue weighted by atomic mass is 16.4. The second-order valence-corrected chi connectivity index (χ2v) is 6.02. The number of imidazole rings is 1. The zero-order valence-electron chi connectivity index (χ0n) is 13.5. The number of fused-ring (bicyclic) bond motifs is 1. The Bertz CT molecular complexity index is 756. The number of aromatic nitrogens is 2. The highest BCUT2D eigenvalue weighted by Crippen LogP contribution is 2.18. The van der Waals surface area contributed by atoms with Crippen LogP contribution in [0, 0.1) is 0 Å². The maximum absolute atomic E-state index is 12.4. The molecular formula is C17H20N4O3. The van der Waals surface area contributed by atoms with Crippen LogP contribution < -0.4 is 5.32 Å². The van der Waals surface area contributed by atoms with Crippen molar-refractivity contribution in [2.45, 2.75) is 25.4 Å². The summed E-state index contributed by atoms with van der Waals surface area (Å²) in [6.45, 7) is 1.08. The molecule has 0 saturated heterocycles. The van der Waals surface area contributed by atoms with E-state index in [2.05, 4.69) is 16.4 Å². The van der Waals surface area contributed by atoms with Crippen LogP contribution in [0.5, 0.6) is 0 Å². The number of nitrogens with one attached hydrogen (secondary N) is 1. The van der Waals surface area contributed by atoms with Gasteiger partial charge >= 0.3 is 12.0 Å². The third-order valence-corrected chi connectivity index (χ3v) is 4.19. The summed E-state index contributed by atoms with van der Waals surface area (Å²) in [5, 5.41) is 12.0. The van der Waals surface area contributed by atoms with E-state index in [4.69, 9.17) is 0 Å². The van der Waals surface area contributed by atoms with E-state index in [0.29, 0.717) is 18.8 Å². The van der Waals surface area contributed by atoms with E-state index in [-0.39, 0.29) is 12.5 Å². The molecule has 1 aromatic carbocycles. The van der Waals surface area contributed by atoms with Crippen molar-refractivity contribution < 1.29 is 14.7 Å². The number of carboxylic acid groups (broad SMARTS) is 1. The van der Waals surface area contributed by atoms with Crippen LogP contribution in [0.3, 0.4) is 0 Å². The summed E-state index contributed by atoms with van der Waals surface area (Å²) in [5.41, 5.74) is 2.98. The number of nitrogens with zero attached hydrogens (tertiary/aromatic N) is 3. The van der Waals surface area contributed by atoms with Crippen molar-refractivity contribution in [1.82, 2.24) is 19.8 Å². The summed E-state index contributed by atoms with van der Waals surface area (Å²) in [7, 11) is 1.82. The lowest BCUT2D eigenvalue weighted by atomic mass is 10.0. The van der Waals surface area contributed by atoms with Crippen LogP contribution in [-0.2, 0) is 31.2 Å². The molecule has 0 aliphatic carbocycles. The fourth-order valence-electron chi connectivity index (χ4n) is 2.89. The van der Waals surface area contributed by atoms with Gasteiger partial charge in [-0.15, -0.1) is 0 Å². The summed E-state index contributed by atoms with van der Waals surface area (Å²) < 4.78 is 1.75. The van der Waals surface area contributed by atoms with E-state index in [9.17, 15) is 14.7 Å². The first-order valence-electron chi connectivity index (χ1n) is 7.85. The molecule has 1 atom stereocenters. The Labute approximate surface area is 139 Å². The van der Waals surface area contributed by atoms with Crippen molar-refractivity contribution in [3.05, 3.63) is 53.6 Å². The van der Waals surface area contributed by atoms with Gasteiger partial charge in [-0.05, 0) is 17.5 Å². The molecule has 2 aromatic rings. The van der Waals surface area contributed by atoms with Crippen LogP contribution in [0.2, 0.25) is 0 Å². The molecule has 1 aromatic heterocycles. The normalized spacial score (nSPS) is 14.8. The number of aliphatic carboxylic acids is 1. The first kappa shape index (κ1) is 16.0. The van der Waals surface area contributed by atoms with Gasteiger partial charge in [0.05, 0.1) is 12.0 Å². The van der Waals surface area contributed by atoms with E-state index >= 15 is 0 Å². The Hall–Kier alpha value is -2.83. The Morgan fingerprint density at radius 1 is 1.33 bits per heavy atom. The molecule has 7 heteroatoms. The summed E-state index contributed by atoms with van der Waals surface area (Å²) >= 11 is 0. The summed E-state index contributed by atoms with van der Waals surface area (Å²) in [6, 6.07) is 6.64. The van der Waals surface area contributed by atoms with Crippen molar-refractivity contribution in [1.29, 1.82) is 0 Å². The molecule has 7 nitrogen and oxygen atoms in total. The largest absolute Gasteiger partial charge is 0.480 e. The zero-order chi connectivity index (χ0) is 17.1. The molecule has 2 amide bonds. The monoisotopic (exact) mass is 328 g/mol. The molecule has 0 spiro atoms. The number of carboxylic acids is 1. The van der Waals surface area contributed by atoms with E-state index in [1.54, 1.807) is 22.0 Å². The first-order chi connectivity index (χ1) is 11.5. The fourth-order valence-corrected chi connectivity index (χ4v) is 2.89. The van der Waals surface area contributed by atoms with Crippen LogP contribution in [0.4, 0.5) is 4.79 Å². The lowest BCUT2D eigenvalue weighted by Gasteiger charge is -2.30. The molecule has 0 saturated carbocycles. The first-order valence-corrected chi connectivity index (χ1v) is 7.85. The van der Waals surface area contributed by atoms with Gasteiger partial charge in [0.25, 0.3) is 0 Å². The van der Waals surface area contributed by atoms with Gasteiger partial charge in [-0.3, -0.25) is 0 Å². The van der Waals surface area contributed by atoms with Crippen molar-refractivity contribution in [2.24, 2.45) is 7.05 Å². The predicted octanol–water partition coefficient (Wildman–Crippen LogP) is 1.18. The Kier molecular flexibility index (Phi) is 4.50. The number of amides is 2. The lowest BCUT2D eigenvalue weighted by Crippen LogP contribution is -2.50. The van der Waals surface area contributed by atoms with Gasteiger partial charge in [0.1, 0.15) is 6.04 Å². The Morgan fingerprint density at radius 2 is 2.08 bits per heavy atom. The van der Waals surface area contributed by atoms with E-state index < -0.39 is 12.0 Å². The van der Waals surface area contributed by atoms with Gasteiger partial charge in [-0.1, -0.05) is 24.3 Å². The van der Waals surface area contributed by atoms with Gasteiger partial charge in [-0.25, -0.2) is 14.6 Å². The lowest BCUT2D eigenvalue weighted by molar-refractivity contribution is -0.139. The minimum Gasteiger partial charge on any atom is -0.480 e. The molecule has 0 bridgehead atoms. The number of hydrogen-bond donors (Lipinski definition) is 2. The molecular weight excluding hydrogens is 308 g/mol. The van der Waals surface area contributed by atoms with Crippen LogP contribution >= 0.6 is 0 Å². The van der Waals surface area contributed by atoms with Gasteiger partial charge in [0.15, 0.2) is 0 Å². The van der Waals surface area contributed by atoms with Crippen LogP contribution in [0.15, 0.2) is 36.8 Å². The van der Waals surface area contributed by atoms with Crippen LogP contribution in [-0.4, -0.2) is 44.1 Å². The van der Waals surface area contributed by atoms with Gasteiger partial charge < -0.3 is 19.9 Å². The van der Waals surface area contributed by atoms with E-state index in [1.807, 2.05) is 25.2 Å². The average molecular weight is 328 g/mol. The standard InChI is InChI=1S/C17H20N4O3/c1-20-10-14(18-11-20)8-15(16(22)23)19-17(24)21-7-6-12-4-2-3-5-13(12)9-21/h2-5,10-11,15H,6-9H2,1H3,(H,19,24)(H,22,23)/t15-/m1/s1. The summed E-state index contributed by atoms with van der Waals surface area (Å²) in [6.07, 6.45) is 4.30. The fraction of sp³-hybridized carbons (Fsp3) is 0.353. The summed E-state index contributed by atoms with van der Waals surface area (Å²) in [5.74, 6) is -1.06. The number of carbonyl (C=O) groups is 2. The van der Waals surface area contributed by atoms with Gasteiger partial charge in [0, 0.05) is 32.8 Å². The quantitative estimate of drug-likeness (QED) is 0.882. The van der Waals surface area contributed by atoms with Gasteiger partial charge in [0.2, 0.25) is 0 Å². The van der Waals surface area contributed by atoms with Gasteiger partial charge in [-0.2, -0.15) is 0 Å². The van der Waals surface area contributed by atoms with Crippen molar-refractivity contribution in [3.63, 3.8) is 0 Å². The minimum absolute atomic E-state index is 0.159. The molecule has 126 valence electrons. The van der Waals surface area contributed by atoms with Crippen molar-refractivity contribution in [2.75, 3.05) is 6.54 Å². The third kappa shape index (κ3) is 3.56. The highest BCUT2D eigenvalue weighted by Gasteiger charge is 2.26. The highest BCUT2D eigenvalue weighted by molar-refractivity contribution is 5.83. The second-order valence-electron chi connectivity index (χ2n) is 6.02. The maximum atomic E-state index is 12.4. The number of aryl methyl sites for hydroxylation is 1. The molecule has 0 unspecified atom stereocenters. The zero-order valence-corrected chi connectivity index (χ0v) is 13.5. The third-order valence-electron chi connectivity index (χ3n) is 4.19. The molecule has 1 aliphatic heterocycles. The second kappa shape index (κ2) is 6.74. The molecule has 2 N–H and O–H groups in total. The number of rotatable bonds is 4. The Balaban J connectivity index is 1.65. The number of carbonyl (C=O) groups excluding carboxylic acids is 1. The minimum atomic E-state index is -1.06. The number of hydrogen-bond acceptors (Lipinski definition) is 3. The number of benzene rings is 1. The van der Waals surface area contributed by atoms with E-state index in [0.717, 1.165) is 12.0 Å². The molecule has 3 rings (SSSR count). The number of urea groups is 1. The van der Waals surface area contributed by atoms with E-state index in [1.165, 1.54) is 5.56 Å². The summed E-state index contributed by atoms with van der Waals surface area (Å²) in [4.78, 5) is 29.7. The maximum Gasteiger partial charge on any atom is 0.326 e. The molecule has 24 heavy (non-hydrogen) atoms. The van der Waals surface area contributed by atoms with Crippen molar-refractivity contribution in [3.8, 4) is 0 Å². The Morgan fingerprint density at radius 3 is 2.75 bits per heavy atom. The molecule has 0 radical (unpaired) electrons. The molecule has 0 fully saturated rings. The SMILES string of the molecule is Cn1cnc(C[C@@H](NC(=O)N2CCc3ccccc3C2)C(=O)O)c1. The van der Waals surface area contributed by atoms with Crippen molar-refractivity contribution >= 4 is 12.0 Å². The average Bonchev–Trinajstić information content (AvgIpc) is 2.98. The molecule has 1 aliphatic rings. The van der Waals surface area contributed by atoms with Crippen LogP contribution in [0.1, 0.15) is 16.8 Å². The predicted molar refractivity (Wildman–Crippen MR) is 87.4 cm³/mol. The van der Waals surface area contributed by atoms with Crippen LogP contribution in [0.25, 0.3) is 0 Å². The smallest absolute Gasteiger partial charge is 0.326 e. The topological polar surface area (TPSA) is 87.5 Å². The molecule has 2 heterocycles.